The third kappa shape index (κ3) is 3.69. The molecule has 2 aromatic carbocycles. The number of aryl methyl sites for hydroxylation is 2. The number of carbonyl (C=O) groups is 1. The number of nitrogens with two attached hydrogens (primary N) is 1. The molecule has 156 valence electrons. The Morgan fingerprint density at radius 2 is 1.72 bits per heavy atom. The molecular weight excluding hydrogens is 414 g/mol. The van der Waals surface area contributed by atoms with E-state index in [1.807, 2.05) is 0 Å². The van der Waals surface area contributed by atoms with Crippen LogP contribution in [0.2, 0.25) is 0 Å². The second-order valence-electron chi connectivity index (χ2n) is 7.27. The molecule has 1 amide bonds. The molecular formula is C19H23N3O5S2. The molecule has 0 saturated heterocycles. The zero-order valence-electron chi connectivity index (χ0n) is 16.6. The maximum absolute atomic E-state index is 13.7. The molecule has 0 fully saturated rings. The van der Waals surface area contributed by atoms with Gasteiger partial charge in [0, 0.05) is 6.42 Å². The number of nitrogens with one attached hydrogen (secondary N) is 1. The lowest BCUT2D eigenvalue weighted by Crippen LogP contribution is -2.46. The Labute approximate surface area is 170 Å². The summed E-state index contributed by atoms with van der Waals surface area (Å²) in [5.41, 5.74) is 8.14. The minimum absolute atomic E-state index is 0.0443. The summed E-state index contributed by atoms with van der Waals surface area (Å²) in [7, 11) is -7.83. The number of amides is 1. The molecule has 10 heteroatoms. The number of hydrogen-bond acceptors (Lipinski definition) is 5. The second kappa shape index (κ2) is 7.03. The second-order valence-corrected chi connectivity index (χ2v) is 10.8. The van der Waals surface area contributed by atoms with Gasteiger partial charge in [0.2, 0.25) is 15.9 Å². The fourth-order valence-corrected chi connectivity index (χ4v) is 6.66. The van der Waals surface area contributed by atoms with E-state index in [4.69, 9.17) is 5.73 Å². The lowest BCUT2D eigenvalue weighted by molar-refractivity contribution is -0.118. The lowest BCUT2D eigenvalue weighted by Gasteiger charge is -2.27. The monoisotopic (exact) mass is 437 g/mol. The van der Waals surface area contributed by atoms with Gasteiger partial charge in [0.05, 0.1) is 22.5 Å². The van der Waals surface area contributed by atoms with Crippen LogP contribution in [0.5, 0.6) is 0 Å². The predicted octanol–water partition coefficient (Wildman–Crippen LogP) is 1.59. The largest absolute Gasteiger partial charge is 0.368 e. The topological polar surface area (TPSA) is 127 Å². The van der Waals surface area contributed by atoms with Gasteiger partial charge in [-0.25, -0.2) is 16.8 Å². The molecule has 1 atom stereocenters. The van der Waals surface area contributed by atoms with Crippen molar-refractivity contribution >= 4 is 37.3 Å². The van der Waals surface area contributed by atoms with E-state index in [1.54, 1.807) is 51.1 Å². The number of carbonyl (C=O) groups excluding carboxylic acids is 1. The summed E-state index contributed by atoms with van der Waals surface area (Å²) in [5.74, 6) is -0.748. The minimum atomic E-state index is -4.20. The molecule has 2 aromatic rings. The molecule has 0 radical (unpaired) electrons. The highest BCUT2D eigenvalue weighted by Gasteiger charge is 2.42. The average Bonchev–Trinajstić information content (AvgIpc) is 2.98. The van der Waals surface area contributed by atoms with Crippen molar-refractivity contribution in [3.05, 3.63) is 52.6 Å². The van der Waals surface area contributed by atoms with Crippen molar-refractivity contribution in [3.8, 4) is 0 Å². The van der Waals surface area contributed by atoms with Gasteiger partial charge in [-0.2, -0.15) is 0 Å². The first-order chi connectivity index (χ1) is 13.3. The van der Waals surface area contributed by atoms with Crippen molar-refractivity contribution in [2.75, 3.05) is 15.3 Å². The number of primary amides is 1. The molecule has 29 heavy (non-hydrogen) atoms. The molecule has 0 unspecified atom stereocenters. The third-order valence-corrected chi connectivity index (χ3v) is 7.65. The summed E-state index contributed by atoms with van der Waals surface area (Å²) in [4.78, 5) is 12.0. The van der Waals surface area contributed by atoms with Crippen molar-refractivity contribution in [2.45, 2.75) is 38.1 Å². The third-order valence-electron chi connectivity index (χ3n) is 4.96. The van der Waals surface area contributed by atoms with Gasteiger partial charge in [0.15, 0.2) is 0 Å². The summed E-state index contributed by atoms with van der Waals surface area (Å²) in [6, 6.07) is 7.40. The Morgan fingerprint density at radius 1 is 1.10 bits per heavy atom. The molecule has 1 aliphatic heterocycles. The molecule has 8 nitrogen and oxygen atoms in total. The van der Waals surface area contributed by atoms with Crippen LogP contribution in [-0.2, 0) is 31.3 Å². The first-order valence-corrected chi connectivity index (χ1v) is 12.2. The highest BCUT2D eigenvalue weighted by atomic mass is 32.2. The van der Waals surface area contributed by atoms with Crippen LogP contribution in [-0.4, -0.2) is 35.0 Å². The number of fused-ring (bicyclic) bond motifs is 1. The first kappa shape index (κ1) is 21.1. The Bertz CT molecular complexity index is 1220. The number of anilines is 2. The van der Waals surface area contributed by atoms with E-state index < -0.39 is 32.0 Å². The van der Waals surface area contributed by atoms with Gasteiger partial charge in [-0.1, -0.05) is 24.3 Å². The van der Waals surface area contributed by atoms with Crippen LogP contribution in [0.4, 0.5) is 11.4 Å². The van der Waals surface area contributed by atoms with Crippen LogP contribution in [0.25, 0.3) is 0 Å². The molecule has 3 N–H and O–H groups in total. The number of nitrogens with zero attached hydrogens (tertiary/aromatic N) is 1. The number of benzene rings is 2. The molecule has 0 spiro atoms. The van der Waals surface area contributed by atoms with Crippen LogP contribution in [0.15, 0.2) is 35.2 Å². The molecule has 1 heterocycles. The Hall–Kier alpha value is -2.59. The predicted molar refractivity (Wildman–Crippen MR) is 112 cm³/mol. The number of rotatable bonds is 5. The fourth-order valence-electron chi connectivity index (χ4n) is 3.88. The van der Waals surface area contributed by atoms with E-state index in [0.717, 1.165) is 10.6 Å². The lowest BCUT2D eigenvalue weighted by atomic mass is 10.1. The van der Waals surface area contributed by atoms with E-state index in [2.05, 4.69) is 4.72 Å². The van der Waals surface area contributed by atoms with Crippen LogP contribution < -0.4 is 14.8 Å². The normalized spacial score (nSPS) is 16.6. The van der Waals surface area contributed by atoms with Crippen LogP contribution in [0.3, 0.4) is 0 Å². The molecule has 1 aliphatic rings. The Balaban J connectivity index is 2.27. The van der Waals surface area contributed by atoms with Crippen molar-refractivity contribution < 1.29 is 21.6 Å². The number of para-hydroxylation sites is 1. The zero-order valence-corrected chi connectivity index (χ0v) is 18.2. The van der Waals surface area contributed by atoms with Crippen LogP contribution in [0.1, 0.15) is 22.3 Å². The molecule has 0 aromatic heterocycles. The summed E-state index contributed by atoms with van der Waals surface area (Å²) >= 11 is 0. The van der Waals surface area contributed by atoms with Crippen molar-refractivity contribution in [1.29, 1.82) is 0 Å². The highest BCUT2D eigenvalue weighted by molar-refractivity contribution is 7.93. The summed E-state index contributed by atoms with van der Waals surface area (Å²) in [5, 5.41) is 0. The van der Waals surface area contributed by atoms with Gasteiger partial charge >= 0.3 is 0 Å². The van der Waals surface area contributed by atoms with Crippen molar-refractivity contribution in [3.63, 3.8) is 0 Å². The maximum Gasteiger partial charge on any atom is 0.265 e. The molecule has 0 aliphatic carbocycles. The van der Waals surface area contributed by atoms with Crippen molar-refractivity contribution in [2.24, 2.45) is 5.73 Å². The van der Waals surface area contributed by atoms with Gasteiger partial charge in [0.1, 0.15) is 6.04 Å². The van der Waals surface area contributed by atoms with E-state index in [-0.39, 0.29) is 22.6 Å². The average molecular weight is 438 g/mol. The Morgan fingerprint density at radius 3 is 2.31 bits per heavy atom. The van der Waals surface area contributed by atoms with E-state index >= 15 is 0 Å². The van der Waals surface area contributed by atoms with E-state index in [1.165, 1.54) is 0 Å². The van der Waals surface area contributed by atoms with Crippen LogP contribution >= 0.6 is 0 Å². The standard InChI is InChI=1S/C19H23N3O5S2/c1-11-9-12(2)18(13(3)17(11)21-28(4,24)25)29(26,27)22-15-8-6-5-7-14(15)10-16(22)19(20)23/h5-9,16,21H,10H2,1-4H3,(H2,20,23)/t16-/m0/s1. The van der Waals surface area contributed by atoms with Gasteiger partial charge in [-0.15, -0.1) is 0 Å². The molecule has 3 rings (SSSR count). The molecule has 0 saturated carbocycles. The van der Waals surface area contributed by atoms with E-state index in [0.29, 0.717) is 22.4 Å². The van der Waals surface area contributed by atoms with Gasteiger partial charge in [0.25, 0.3) is 10.0 Å². The number of sulfonamides is 2. The zero-order chi connectivity index (χ0) is 21.7. The highest BCUT2D eigenvalue weighted by Crippen LogP contribution is 2.40. The van der Waals surface area contributed by atoms with E-state index in [9.17, 15) is 21.6 Å². The smallest absolute Gasteiger partial charge is 0.265 e. The van der Waals surface area contributed by atoms with Gasteiger partial charge in [-0.05, 0) is 49.1 Å². The number of hydrogen-bond donors (Lipinski definition) is 2. The minimum Gasteiger partial charge on any atom is -0.368 e. The summed E-state index contributed by atoms with van der Waals surface area (Å²) < 4.78 is 54.5. The van der Waals surface area contributed by atoms with Crippen molar-refractivity contribution in [1.82, 2.24) is 0 Å². The fraction of sp³-hybridized carbons (Fsp3) is 0.316. The van der Waals surface area contributed by atoms with Gasteiger partial charge in [-0.3, -0.25) is 13.8 Å². The maximum atomic E-state index is 13.7. The SMILES string of the molecule is Cc1cc(C)c(S(=O)(=O)N2c3ccccc3C[C@H]2C(N)=O)c(C)c1NS(C)(=O)=O. The summed E-state index contributed by atoms with van der Waals surface area (Å²) in [6.07, 6.45) is 1.18. The Kier molecular flexibility index (Phi) is 5.12. The first-order valence-electron chi connectivity index (χ1n) is 8.85. The van der Waals surface area contributed by atoms with Gasteiger partial charge < -0.3 is 5.73 Å². The quantitative estimate of drug-likeness (QED) is 0.734. The molecule has 0 bridgehead atoms. The summed E-state index contributed by atoms with van der Waals surface area (Å²) in [6.45, 7) is 4.88. The van der Waals surface area contributed by atoms with Crippen LogP contribution in [0, 0.1) is 20.8 Å².